The van der Waals surface area contributed by atoms with Crippen molar-refractivity contribution in [3.05, 3.63) is 22.3 Å². The number of aromatic nitrogens is 1. The Morgan fingerprint density at radius 1 is 1.50 bits per heavy atom. The first-order chi connectivity index (χ1) is 8.49. The Bertz CT molecular complexity index is 421. The van der Waals surface area contributed by atoms with Gasteiger partial charge in [0, 0.05) is 18.8 Å². The van der Waals surface area contributed by atoms with Crippen molar-refractivity contribution in [2.75, 3.05) is 18.4 Å². The summed E-state index contributed by atoms with van der Waals surface area (Å²) < 4.78 is 0. The Hall–Kier alpha value is -0.510. The lowest BCUT2D eigenvalue weighted by Crippen LogP contribution is -2.50. The Labute approximate surface area is 118 Å². The molecule has 2 heterocycles. The topological polar surface area (TPSA) is 37.0 Å². The summed E-state index contributed by atoms with van der Waals surface area (Å²) in [7, 11) is 0. The van der Waals surface area contributed by atoms with Crippen molar-refractivity contribution in [2.45, 2.75) is 32.7 Å². The molecule has 18 heavy (non-hydrogen) atoms. The number of piperidine rings is 1. The van der Waals surface area contributed by atoms with E-state index in [-0.39, 0.29) is 0 Å². The van der Waals surface area contributed by atoms with Gasteiger partial charge in [0.1, 0.15) is 5.82 Å². The van der Waals surface area contributed by atoms with E-state index in [1.165, 1.54) is 12.8 Å². The lowest BCUT2D eigenvalue weighted by Gasteiger charge is -2.39. The smallest absolute Gasteiger partial charge is 0.144 e. The van der Waals surface area contributed by atoms with E-state index in [1.54, 1.807) is 12.3 Å². The molecule has 1 unspecified atom stereocenters. The standard InChI is InChI=1S/C13H19Cl2N3/c1-13(2)4-3-5-16-11(13)8-18-12-10(15)6-9(14)7-17-12/h6-7,11,16H,3-5,8H2,1-2H3,(H,17,18). The van der Waals surface area contributed by atoms with Crippen molar-refractivity contribution >= 4 is 29.0 Å². The molecule has 1 saturated heterocycles. The summed E-state index contributed by atoms with van der Waals surface area (Å²) in [6.45, 7) is 6.49. The minimum atomic E-state index is 0.296. The summed E-state index contributed by atoms with van der Waals surface area (Å²) in [5, 5.41) is 7.98. The van der Waals surface area contributed by atoms with Gasteiger partial charge in [-0.1, -0.05) is 37.0 Å². The van der Waals surface area contributed by atoms with Crippen LogP contribution < -0.4 is 10.6 Å². The molecule has 100 valence electrons. The van der Waals surface area contributed by atoms with Crippen LogP contribution >= 0.6 is 23.2 Å². The number of hydrogen-bond acceptors (Lipinski definition) is 3. The number of rotatable bonds is 3. The normalized spacial score (nSPS) is 22.8. The van der Waals surface area contributed by atoms with Gasteiger partial charge in [0.15, 0.2) is 0 Å². The van der Waals surface area contributed by atoms with Crippen molar-refractivity contribution in [1.82, 2.24) is 10.3 Å². The first kappa shape index (κ1) is 13.9. The molecule has 2 rings (SSSR count). The van der Waals surface area contributed by atoms with E-state index in [0.29, 0.717) is 27.3 Å². The summed E-state index contributed by atoms with van der Waals surface area (Å²) in [6.07, 6.45) is 4.09. The third-order valence-electron chi connectivity index (χ3n) is 3.61. The van der Waals surface area contributed by atoms with Crippen LogP contribution in [0, 0.1) is 5.41 Å². The van der Waals surface area contributed by atoms with E-state index in [4.69, 9.17) is 23.2 Å². The Morgan fingerprint density at radius 3 is 2.94 bits per heavy atom. The molecule has 0 amide bonds. The first-order valence-corrected chi connectivity index (χ1v) is 7.03. The SMILES string of the molecule is CC1(C)CCCNC1CNc1ncc(Cl)cc1Cl. The number of pyridine rings is 1. The summed E-state index contributed by atoms with van der Waals surface area (Å²) in [6, 6.07) is 2.14. The number of anilines is 1. The van der Waals surface area contributed by atoms with Crippen molar-refractivity contribution in [2.24, 2.45) is 5.41 Å². The van der Waals surface area contributed by atoms with Gasteiger partial charge in [0.2, 0.25) is 0 Å². The van der Waals surface area contributed by atoms with Gasteiger partial charge in [-0.3, -0.25) is 0 Å². The van der Waals surface area contributed by atoms with E-state index < -0.39 is 0 Å². The predicted molar refractivity (Wildman–Crippen MR) is 77.6 cm³/mol. The monoisotopic (exact) mass is 287 g/mol. The molecule has 1 atom stereocenters. The molecule has 1 aromatic rings. The summed E-state index contributed by atoms with van der Waals surface area (Å²) in [5.41, 5.74) is 0.296. The fourth-order valence-electron chi connectivity index (χ4n) is 2.36. The molecule has 3 nitrogen and oxygen atoms in total. The number of nitrogens with one attached hydrogen (secondary N) is 2. The first-order valence-electron chi connectivity index (χ1n) is 6.27. The van der Waals surface area contributed by atoms with Crippen LogP contribution in [0.1, 0.15) is 26.7 Å². The maximum absolute atomic E-state index is 6.09. The third kappa shape index (κ3) is 3.28. The highest BCUT2D eigenvalue weighted by atomic mass is 35.5. The van der Waals surface area contributed by atoms with Crippen LogP contribution in [-0.4, -0.2) is 24.1 Å². The maximum atomic E-state index is 6.09. The molecular formula is C13H19Cl2N3. The minimum absolute atomic E-state index is 0.296. The van der Waals surface area contributed by atoms with Crippen LogP contribution in [-0.2, 0) is 0 Å². The van der Waals surface area contributed by atoms with Gasteiger partial charge in [0.05, 0.1) is 10.0 Å². The predicted octanol–water partition coefficient (Wildman–Crippen LogP) is 3.58. The fourth-order valence-corrected chi connectivity index (χ4v) is 2.81. The van der Waals surface area contributed by atoms with Crippen molar-refractivity contribution < 1.29 is 0 Å². The molecule has 1 aromatic heterocycles. The molecule has 5 heteroatoms. The number of nitrogens with zero attached hydrogens (tertiary/aromatic N) is 1. The van der Waals surface area contributed by atoms with Crippen LogP contribution in [0.5, 0.6) is 0 Å². The zero-order valence-electron chi connectivity index (χ0n) is 10.8. The third-order valence-corrected chi connectivity index (χ3v) is 4.11. The molecular weight excluding hydrogens is 269 g/mol. The molecule has 0 spiro atoms. The van der Waals surface area contributed by atoms with E-state index in [9.17, 15) is 0 Å². The van der Waals surface area contributed by atoms with Crippen molar-refractivity contribution in [3.63, 3.8) is 0 Å². The summed E-state index contributed by atoms with van der Waals surface area (Å²) in [4.78, 5) is 4.21. The lowest BCUT2D eigenvalue weighted by molar-refractivity contribution is 0.188. The van der Waals surface area contributed by atoms with Gasteiger partial charge in [-0.25, -0.2) is 4.98 Å². The Balaban J connectivity index is 1.98. The minimum Gasteiger partial charge on any atom is -0.367 e. The largest absolute Gasteiger partial charge is 0.367 e. The van der Waals surface area contributed by atoms with E-state index in [2.05, 4.69) is 29.5 Å². The van der Waals surface area contributed by atoms with E-state index >= 15 is 0 Å². The highest BCUT2D eigenvalue weighted by molar-refractivity contribution is 6.35. The van der Waals surface area contributed by atoms with Gasteiger partial charge >= 0.3 is 0 Å². The van der Waals surface area contributed by atoms with E-state index in [1.807, 2.05) is 0 Å². The summed E-state index contributed by atoms with van der Waals surface area (Å²) in [5.74, 6) is 0.698. The average Bonchev–Trinajstić information content (AvgIpc) is 2.29. The lowest BCUT2D eigenvalue weighted by atomic mass is 9.77. The molecule has 2 N–H and O–H groups in total. The molecule has 0 saturated carbocycles. The molecule has 0 bridgehead atoms. The molecule has 1 aliphatic heterocycles. The second kappa shape index (κ2) is 5.64. The summed E-state index contributed by atoms with van der Waals surface area (Å²) >= 11 is 11.9. The van der Waals surface area contributed by atoms with Crippen LogP contribution in [0.25, 0.3) is 0 Å². The van der Waals surface area contributed by atoms with Crippen LogP contribution in [0.3, 0.4) is 0 Å². The van der Waals surface area contributed by atoms with Gasteiger partial charge in [-0.05, 0) is 30.9 Å². The van der Waals surface area contributed by atoms with E-state index in [0.717, 1.165) is 13.1 Å². The van der Waals surface area contributed by atoms with Gasteiger partial charge in [-0.2, -0.15) is 0 Å². The Morgan fingerprint density at radius 2 is 2.28 bits per heavy atom. The quantitative estimate of drug-likeness (QED) is 0.892. The number of halogens is 2. The van der Waals surface area contributed by atoms with Gasteiger partial charge in [0.25, 0.3) is 0 Å². The molecule has 0 aromatic carbocycles. The van der Waals surface area contributed by atoms with Crippen LogP contribution in [0.4, 0.5) is 5.82 Å². The molecule has 1 fully saturated rings. The van der Waals surface area contributed by atoms with Crippen LogP contribution in [0.2, 0.25) is 10.0 Å². The molecule has 1 aliphatic rings. The zero-order chi connectivity index (χ0) is 13.2. The number of hydrogen-bond donors (Lipinski definition) is 2. The Kier molecular flexibility index (Phi) is 4.36. The van der Waals surface area contributed by atoms with Crippen molar-refractivity contribution in [3.8, 4) is 0 Å². The average molecular weight is 288 g/mol. The van der Waals surface area contributed by atoms with Gasteiger partial charge in [-0.15, -0.1) is 0 Å². The molecule has 0 radical (unpaired) electrons. The van der Waals surface area contributed by atoms with Crippen LogP contribution in [0.15, 0.2) is 12.3 Å². The van der Waals surface area contributed by atoms with Gasteiger partial charge < -0.3 is 10.6 Å². The fraction of sp³-hybridized carbons (Fsp3) is 0.615. The zero-order valence-corrected chi connectivity index (χ0v) is 12.3. The second-order valence-corrected chi connectivity index (χ2v) is 6.31. The van der Waals surface area contributed by atoms with Crippen molar-refractivity contribution in [1.29, 1.82) is 0 Å². The highest BCUT2D eigenvalue weighted by Gasteiger charge is 2.31. The second-order valence-electron chi connectivity index (χ2n) is 5.46. The molecule has 0 aliphatic carbocycles. The highest BCUT2D eigenvalue weighted by Crippen LogP contribution is 2.30. The maximum Gasteiger partial charge on any atom is 0.144 e.